The summed E-state index contributed by atoms with van der Waals surface area (Å²) in [6, 6.07) is 8.20. The lowest BCUT2D eigenvalue weighted by atomic mass is 9.98. The monoisotopic (exact) mass is 478 g/mol. The number of aryl methyl sites for hydroxylation is 1. The molecule has 0 aliphatic carbocycles. The molecule has 0 spiro atoms. The van der Waals surface area contributed by atoms with Gasteiger partial charge >= 0.3 is 17.6 Å². The molecule has 0 N–H and O–H groups in total. The molecule has 1 unspecified atom stereocenters. The highest BCUT2D eigenvalue weighted by Crippen LogP contribution is 2.37. The predicted octanol–water partition coefficient (Wildman–Crippen LogP) is 4.93. The number of benzene rings is 1. The van der Waals surface area contributed by atoms with Crippen LogP contribution in [-0.4, -0.2) is 16.5 Å². The number of alkyl halides is 3. The Bertz CT molecular complexity index is 1410. The van der Waals surface area contributed by atoms with Crippen LogP contribution in [0.5, 0.6) is 5.88 Å². The third kappa shape index (κ3) is 3.27. The van der Waals surface area contributed by atoms with Crippen molar-refractivity contribution in [2.45, 2.75) is 25.1 Å². The zero-order valence-electron chi connectivity index (χ0n) is 16.7. The minimum absolute atomic E-state index is 0.0655. The molecule has 10 heteroatoms. The van der Waals surface area contributed by atoms with E-state index in [-0.39, 0.29) is 23.0 Å². The Morgan fingerprint density at radius 2 is 2.09 bits per heavy atom. The lowest BCUT2D eigenvalue weighted by Gasteiger charge is -2.24. The van der Waals surface area contributed by atoms with Crippen LogP contribution in [0, 0.1) is 0 Å². The molecular formula is C22H16ClF3N3O2S+. The van der Waals surface area contributed by atoms with Crippen molar-refractivity contribution in [3.63, 3.8) is 0 Å². The summed E-state index contributed by atoms with van der Waals surface area (Å²) in [5, 5.41) is 0. The summed E-state index contributed by atoms with van der Waals surface area (Å²) >= 11 is 7.40. The lowest BCUT2D eigenvalue weighted by Crippen LogP contribution is -2.49. The Balaban J connectivity index is 1.87. The quantitative estimate of drug-likeness (QED) is 0.392. The van der Waals surface area contributed by atoms with Crippen LogP contribution in [0.3, 0.4) is 0 Å². The van der Waals surface area contributed by atoms with E-state index in [2.05, 4.69) is 4.98 Å². The van der Waals surface area contributed by atoms with Crippen LogP contribution in [0.4, 0.5) is 13.2 Å². The molecule has 164 valence electrons. The predicted molar refractivity (Wildman–Crippen MR) is 114 cm³/mol. The Morgan fingerprint density at radius 1 is 1.28 bits per heavy atom. The van der Waals surface area contributed by atoms with Gasteiger partial charge in [-0.3, -0.25) is 0 Å². The molecule has 0 fully saturated rings. The van der Waals surface area contributed by atoms with Gasteiger partial charge in [-0.25, -0.2) is 9.78 Å². The second-order valence-corrected chi connectivity index (χ2v) is 9.08. The third-order valence-corrected chi connectivity index (χ3v) is 6.85. The smallest absolute Gasteiger partial charge is 0.416 e. The van der Waals surface area contributed by atoms with Gasteiger partial charge in [0.15, 0.2) is 10.0 Å². The average Bonchev–Trinajstić information content (AvgIpc) is 3.21. The van der Waals surface area contributed by atoms with E-state index in [0.29, 0.717) is 16.5 Å². The van der Waals surface area contributed by atoms with E-state index < -0.39 is 17.3 Å². The van der Waals surface area contributed by atoms with Crippen LogP contribution in [0.25, 0.3) is 16.8 Å². The highest BCUT2D eigenvalue weighted by Gasteiger charge is 2.38. The first-order chi connectivity index (χ1) is 15.3. The molecule has 5 rings (SSSR count). The van der Waals surface area contributed by atoms with Crippen LogP contribution in [-0.2, 0) is 12.6 Å². The molecular weight excluding hydrogens is 463 g/mol. The van der Waals surface area contributed by atoms with Gasteiger partial charge in [0, 0.05) is 11.8 Å². The number of nitrogens with zero attached hydrogens (tertiary/aromatic N) is 3. The topological polar surface area (TPSA) is 47.5 Å². The van der Waals surface area contributed by atoms with Gasteiger partial charge in [0.1, 0.15) is 6.04 Å². The largest absolute Gasteiger partial charge is 0.465 e. The van der Waals surface area contributed by atoms with Crippen LogP contribution in [0.1, 0.15) is 28.5 Å². The van der Waals surface area contributed by atoms with Gasteiger partial charge in [-0.2, -0.15) is 22.1 Å². The molecule has 0 radical (unpaired) electrons. The molecule has 1 aromatic carbocycles. The fourth-order valence-corrected chi connectivity index (χ4v) is 5.38. The molecule has 0 amide bonds. The molecule has 0 saturated carbocycles. The summed E-state index contributed by atoms with van der Waals surface area (Å²) in [4.78, 5) is 18.5. The molecule has 3 aromatic heterocycles. The fraction of sp³-hybridized carbons (Fsp3) is 0.227. The van der Waals surface area contributed by atoms with Crippen molar-refractivity contribution in [1.29, 1.82) is 0 Å². The number of ether oxygens (including phenoxy) is 1. The Labute approximate surface area is 189 Å². The van der Waals surface area contributed by atoms with Crippen molar-refractivity contribution in [1.82, 2.24) is 9.38 Å². The van der Waals surface area contributed by atoms with E-state index >= 15 is 0 Å². The highest BCUT2D eigenvalue weighted by molar-refractivity contribution is 7.15. The summed E-state index contributed by atoms with van der Waals surface area (Å²) in [5.41, 5.74) is 0.515. The van der Waals surface area contributed by atoms with E-state index in [0.717, 1.165) is 29.0 Å². The van der Waals surface area contributed by atoms with Gasteiger partial charge in [-0.1, -0.05) is 23.7 Å². The van der Waals surface area contributed by atoms with Gasteiger partial charge in [0.2, 0.25) is 0 Å². The van der Waals surface area contributed by atoms with Gasteiger partial charge < -0.3 is 4.74 Å². The highest BCUT2D eigenvalue weighted by atomic mass is 35.5. The molecule has 0 bridgehead atoms. The molecule has 1 atom stereocenters. The maximum Gasteiger partial charge on any atom is 0.416 e. The van der Waals surface area contributed by atoms with Crippen molar-refractivity contribution >= 4 is 28.6 Å². The number of hydrogen-bond donors (Lipinski definition) is 0. The average molecular weight is 479 g/mol. The van der Waals surface area contributed by atoms with Gasteiger partial charge in [0.05, 0.1) is 23.7 Å². The number of halogens is 4. The van der Waals surface area contributed by atoms with E-state index in [1.807, 2.05) is 10.6 Å². The van der Waals surface area contributed by atoms with Gasteiger partial charge in [-0.05, 0) is 42.7 Å². The van der Waals surface area contributed by atoms with Crippen LogP contribution in [0.2, 0.25) is 4.47 Å². The zero-order chi connectivity index (χ0) is 22.6. The normalized spacial score (nSPS) is 15.8. The van der Waals surface area contributed by atoms with Crippen LogP contribution >= 0.6 is 22.9 Å². The standard InChI is InChI=1S/C22H16ClF3N3O2S/c1-31-20-17(13-4-2-6-14(10-13)22(24,25)26)19(30)28-9-3-5-12-7-8-15(29(20)18(12)28)16-11-27-21(23)32-16/h2-6,9-11,15H,7-8H2,1H3/q+1. The number of aromatic nitrogens is 3. The van der Waals surface area contributed by atoms with Gasteiger partial charge in [-0.15, -0.1) is 11.3 Å². The molecule has 1 aliphatic heterocycles. The minimum atomic E-state index is -4.53. The summed E-state index contributed by atoms with van der Waals surface area (Å²) in [7, 11) is 1.42. The molecule has 4 heterocycles. The van der Waals surface area contributed by atoms with Crippen LogP contribution in [0.15, 0.2) is 53.6 Å². The van der Waals surface area contributed by atoms with Crippen molar-refractivity contribution in [2.24, 2.45) is 0 Å². The summed E-state index contributed by atoms with van der Waals surface area (Å²) in [6.45, 7) is 0. The Morgan fingerprint density at radius 3 is 2.78 bits per heavy atom. The van der Waals surface area contributed by atoms with Crippen molar-refractivity contribution in [3.8, 4) is 17.0 Å². The number of methoxy groups -OCH3 is 1. The van der Waals surface area contributed by atoms with E-state index in [1.165, 1.54) is 35.0 Å². The number of thiazole rings is 1. The van der Waals surface area contributed by atoms with E-state index in [4.69, 9.17) is 16.3 Å². The number of hydrogen-bond acceptors (Lipinski definition) is 4. The second kappa shape index (κ2) is 7.60. The van der Waals surface area contributed by atoms with Crippen molar-refractivity contribution in [3.05, 3.63) is 79.6 Å². The zero-order valence-corrected chi connectivity index (χ0v) is 18.3. The molecule has 32 heavy (non-hydrogen) atoms. The first-order valence-corrected chi connectivity index (χ1v) is 10.9. The molecule has 1 aliphatic rings. The maximum atomic E-state index is 13.5. The first kappa shape index (κ1) is 21.0. The minimum Gasteiger partial charge on any atom is -0.465 e. The van der Waals surface area contributed by atoms with E-state index in [1.54, 1.807) is 18.5 Å². The van der Waals surface area contributed by atoms with Crippen molar-refractivity contribution in [2.75, 3.05) is 7.11 Å². The third-order valence-electron chi connectivity index (χ3n) is 5.64. The van der Waals surface area contributed by atoms with E-state index in [9.17, 15) is 18.0 Å². The number of pyridine rings is 1. The SMILES string of the molecule is COc1c(-c2cccc(C(F)(F)F)c2)c(=O)n2cccc3c2[n+]1C(c1cnc(Cl)s1)CC3. The Hall–Kier alpha value is -2.91. The molecule has 4 aromatic rings. The summed E-state index contributed by atoms with van der Waals surface area (Å²) in [5.74, 6) is 0.205. The fourth-order valence-electron chi connectivity index (χ4n) is 4.30. The van der Waals surface area contributed by atoms with Crippen LogP contribution < -0.4 is 14.9 Å². The number of rotatable bonds is 3. The maximum absolute atomic E-state index is 13.5. The first-order valence-electron chi connectivity index (χ1n) is 9.74. The summed E-state index contributed by atoms with van der Waals surface area (Å²) < 4.78 is 49.6. The molecule has 5 nitrogen and oxygen atoms in total. The summed E-state index contributed by atoms with van der Waals surface area (Å²) in [6.07, 6.45) is 0.190. The molecule has 0 saturated heterocycles. The second-order valence-electron chi connectivity index (χ2n) is 7.44. The Kier molecular flexibility index (Phi) is 4.98. The van der Waals surface area contributed by atoms with Crippen molar-refractivity contribution < 1.29 is 22.5 Å². The lowest BCUT2D eigenvalue weighted by molar-refractivity contribution is -0.699. The van der Waals surface area contributed by atoms with Gasteiger partial charge in [0.25, 0.3) is 5.65 Å².